The molecule has 0 unspecified atom stereocenters. The van der Waals surface area contributed by atoms with E-state index in [9.17, 15) is 17.3 Å². The van der Waals surface area contributed by atoms with Crippen molar-refractivity contribution in [2.45, 2.75) is 0 Å². The predicted octanol–water partition coefficient (Wildman–Crippen LogP) is 1.28. The van der Waals surface area contributed by atoms with Gasteiger partial charge in [0.05, 0.1) is 7.11 Å². The molecular formula is C6H5BF4NO-. The Morgan fingerprint density at radius 1 is 1.31 bits per heavy atom. The Labute approximate surface area is 71.6 Å². The minimum Gasteiger partial charge on any atom is -0.481 e. The Morgan fingerprint density at radius 2 is 1.92 bits per heavy atom. The first kappa shape index (κ1) is 9.82. The highest BCUT2D eigenvalue weighted by Crippen LogP contribution is 2.12. The summed E-state index contributed by atoms with van der Waals surface area (Å²) in [4.78, 5) is 2.96. The number of hydrogen-bond donors (Lipinski definition) is 0. The van der Waals surface area contributed by atoms with Crippen LogP contribution >= 0.6 is 0 Å². The van der Waals surface area contributed by atoms with Crippen LogP contribution in [0.4, 0.5) is 17.3 Å². The Kier molecular flexibility index (Phi) is 2.44. The summed E-state index contributed by atoms with van der Waals surface area (Å²) in [6.07, 6.45) is 0. The molecule has 0 saturated heterocycles. The number of rotatable bonds is 2. The van der Waals surface area contributed by atoms with Crippen molar-refractivity contribution in [3.63, 3.8) is 0 Å². The summed E-state index contributed by atoms with van der Waals surface area (Å²) in [6, 6.07) is 1.58. The molecule has 1 heterocycles. The normalized spacial score (nSPS) is 11.5. The Morgan fingerprint density at radius 3 is 2.31 bits per heavy atom. The van der Waals surface area contributed by atoms with Crippen LogP contribution in [0.3, 0.4) is 0 Å². The number of nitrogens with zero attached hydrogens (tertiary/aromatic N) is 1. The maximum absolute atomic E-state index is 12.6. The molecule has 0 saturated carbocycles. The zero-order chi connectivity index (χ0) is 10.1. The van der Waals surface area contributed by atoms with Crippen LogP contribution in [0, 0.1) is 5.95 Å². The lowest BCUT2D eigenvalue weighted by Crippen LogP contribution is -2.37. The first-order chi connectivity index (χ1) is 5.95. The van der Waals surface area contributed by atoms with Crippen LogP contribution in [-0.2, 0) is 0 Å². The summed E-state index contributed by atoms with van der Waals surface area (Å²) < 4.78 is 53.2. The largest absolute Gasteiger partial charge is 0.514 e. The molecule has 0 aliphatic carbocycles. The minimum absolute atomic E-state index is 0.179. The van der Waals surface area contributed by atoms with Gasteiger partial charge in [-0.3, -0.25) is 0 Å². The zero-order valence-corrected chi connectivity index (χ0v) is 6.60. The van der Waals surface area contributed by atoms with Gasteiger partial charge in [0.25, 0.3) is 0 Å². The van der Waals surface area contributed by atoms with Gasteiger partial charge in [0.1, 0.15) is 0 Å². The van der Waals surface area contributed by atoms with Crippen LogP contribution in [-0.4, -0.2) is 19.1 Å². The number of ether oxygens (including phenoxy) is 1. The molecule has 7 heteroatoms. The van der Waals surface area contributed by atoms with Crippen molar-refractivity contribution >= 4 is 12.4 Å². The van der Waals surface area contributed by atoms with Gasteiger partial charge in [0.15, 0.2) is 5.95 Å². The van der Waals surface area contributed by atoms with Crippen molar-refractivity contribution in [1.29, 1.82) is 0 Å². The van der Waals surface area contributed by atoms with E-state index in [0.29, 0.717) is 6.07 Å². The van der Waals surface area contributed by atoms with Crippen LogP contribution in [0.25, 0.3) is 0 Å². The fraction of sp³-hybridized carbons (Fsp3) is 0.167. The lowest BCUT2D eigenvalue weighted by atomic mass is 9.81. The van der Waals surface area contributed by atoms with Crippen LogP contribution < -0.4 is 10.2 Å². The van der Waals surface area contributed by atoms with Gasteiger partial charge >= 0.3 is 6.98 Å². The van der Waals surface area contributed by atoms with E-state index in [4.69, 9.17) is 0 Å². The van der Waals surface area contributed by atoms with Gasteiger partial charge in [-0.1, -0.05) is 11.5 Å². The van der Waals surface area contributed by atoms with Crippen LogP contribution in [0.2, 0.25) is 0 Å². The highest BCUT2D eigenvalue weighted by Gasteiger charge is 2.29. The number of pyridine rings is 1. The monoisotopic (exact) mass is 194 g/mol. The molecule has 0 bridgehead atoms. The number of methoxy groups -OCH3 is 1. The zero-order valence-electron chi connectivity index (χ0n) is 6.60. The van der Waals surface area contributed by atoms with Gasteiger partial charge in [0, 0.05) is 0 Å². The van der Waals surface area contributed by atoms with E-state index in [1.165, 1.54) is 7.11 Å². The highest BCUT2D eigenvalue weighted by atomic mass is 19.4. The molecule has 1 aromatic heterocycles. The number of aromatic nitrogens is 1. The fourth-order valence-electron chi connectivity index (χ4n) is 0.786. The highest BCUT2D eigenvalue weighted by molar-refractivity contribution is 6.73. The summed E-state index contributed by atoms with van der Waals surface area (Å²) in [5.41, 5.74) is -1.33. The molecule has 0 aliphatic rings. The van der Waals surface area contributed by atoms with Gasteiger partial charge in [-0.2, -0.15) is 9.37 Å². The molecule has 0 aromatic carbocycles. The van der Waals surface area contributed by atoms with Crippen molar-refractivity contribution in [2.24, 2.45) is 0 Å². The van der Waals surface area contributed by atoms with E-state index >= 15 is 0 Å². The third-order valence-corrected chi connectivity index (χ3v) is 1.41. The molecule has 0 atom stereocenters. The van der Waals surface area contributed by atoms with E-state index in [0.717, 1.165) is 6.07 Å². The third-order valence-electron chi connectivity index (χ3n) is 1.41. The number of hydrogen-bond acceptors (Lipinski definition) is 2. The first-order valence-corrected chi connectivity index (χ1v) is 3.35. The molecule has 0 N–H and O–H groups in total. The van der Waals surface area contributed by atoms with E-state index in [2.05, 4.69) is 9.72 Å². The summed E-state index contributed by atoms with van der Waals surface area (Å²) in [5, 5.41) is 0. The molecular weight excluding hydrogens is 189 g/mol. The summed E-state index contributed by atoms with van der Waals surface area (Å²) in [7, 11) is 1.19. The molecule has 0 spiro atoms. The maximum Gasteiger partial charge on any atom is 0.514 e. The summed E-state index contributed by atoms with van der Waals surface area (Å²) >= 11 is 0. The van der Waals surface area contributed by atoms with Crippen molar-refractivity contribution in [2.75, 3.05) is 7.11 Å². The topological polar surface area (TPSA) is 22.1 Å². The third kappa shape index (κ3) is 2.10. The van der Waals surface area contributed by atoms with Gasteiger partial charge in [-0.05, 0) is 6.07 Å². The lowest BCUT2D eigenvalue weighted by Gasteiger charge is -2.14. The second kappa shape index (κ2) is 3.23. The van der Waals surface area contributed by atoms with Crippen molar-refractivity contribution in [3.05, 3.63) is 18.1 Å². The summed E-state index contributed by atoms with van der Waals surface area (Å²) in [6.45, 7) is -5.34. The van der Waals surface area contributed by atoms with Crippen LogP contribution in [0.1, 0.15) is 0 Å². The van der Waals surface area contributed by atoms with Gasteiger partial charge in [-0.25, -0.2) is 0 Å². The van der Waals surface area contributed by atoms with Gasteiger partial charge < -0.3 is 17.7 Å². The van der Waals surface area contributed by atoms with E-state index in [1.54, 1.807) is 0 Å². The standard InChI is InChI=1S/C6H5BF4NO/c1-13-5-3-2-4(6(8)12-5)7(9,10)11/h2-3H,1H3/q-1. The van der Waals surface area contributed by atoms with E-state index < -0.39 is 18.4 Å². The smallest absolute Gasteiger partial charge is 0.481 e. The van der Waals surface area contributed by atoms with Crippen LogP contribution in [0.15, 0.2) is 12.1 Å². The fourth-order valence-corrected chi connectivity index (χ4v) is 0.786. The number of halogens is 4. The Hall–Kier alpha value is -1.27. The second-order valence-corrected chi connectivity index (χ2v) is 2.31. The second-order valence-electron chi connectivity index (χ2n) is 2.31. The van der Waals surface area contributed by atoms with Crippen molar-refractivity contribution in [3.8, 4) is 5.88 Å². The molecule has 13 heavy (non-hydrogen) atoms. The predicted molar refractivity (Wildman–Crippen MR) is 39.5 cm³/mol. The molecule has 0 amide bonds. The van der Waals surface area contributed by atoms with Gasteiger partial charge in [0.2, 0.25) is 5.88 Å². The van der Waals surface area contributed by atoms with Gasteiger partial charge in [-0.15, -0.1) is 0 Å². The van der Waals surface area contributed by atoms with Crippen molar-refractivity contribution in [1.82, 2.24) is 4.98 Å². The van der Waals surface area contributed by atoms with E-state index in [-0.39, 0.29) is 5.88 Å². The average Bonchev–Trinajstić information content (AvgIpc) is 2.01. The molecule has 1 rings (SSSR count). The molecule has 72 valence electrons. The molecule has 0 fully saturated rings. The Bertz CT molecular complexity index is 314. The Balaban J connectivity index is 3.13. The average molecular weight is 194 g/mol. The SMILES string of the molecule is COc1ccc([B-](F)(F)F)c(F)n1. The maximum atomic E-state index is 12.6. The van der Waals surface area contributed by atoms with E-state index in [1.807, 2.05) is 0 Å². The molecule has 2 nitrogen and oxygen atoms in total. The molecule has 0 radical (unpaired) electrons. The lowest BCUT2D eigenvalue weighted by molar-refractivity contribution is 0.387. The quantitative estimate of drug-likeness (QED) is 0.401. The first-order valence-electron chi connectivity index (χ1n) is 3.35. The minimum atomic E-state index is -5.34. The van der Waals surface area contributed by atoms with Crippen LogP contribution in [0.5, 0.6) is 5.88 Å². The molecule has 0 aliphatic heterocycles. The molecule has 1 aromatic rings. The van der Waals surface area contributed by atoms with Crippen molar-refractivity contribution < 1.29 is 22.1 Å². The summed E-state index contributed by atoms with van der Waals surface area (Å²) in [5.74, 6) is -1.73.